The van der Waals surface area contributed by atoms with Crippen molar-refractivity contribution >= 4 is 0 Å². The number of hydrogen-bond donors (Lipinski definition) is 1. The Morgan fingerprint density at radius 1 is 1.38 bits per heavy atom. The van der Waals surface area contributed by atoms with Gasteiger partial charge in [-0.3, -0.25) is 0 Å². The molecule has 16 heavy (non-hydrogen) atoms. The fourth-order valence-corrected chi connectivity index (χ4v) is 2.96. The van der Waals surface area contributed by atoms with Crippen molar-refractivity contribution in [1.29, 1.82) is 5.26 Å². The molecule has 0 bridgehead atoms. The molecule has 3 heteroatoms. The molecule has 0 radical (unpaired) electrons. The third-order valence-electron chi connectivity index (χ3n) is 4.27. The average Bonchev–Trinajstić information content (AvgIpc) is 2.83. The van der Waals surface area contributed by atoms with E-state index < -0.39 is 11.5 Å². The Kier molecular flexibility index (Phi) is 3.51. The van der Waals surface area contributed by atoms with Crippen LogP contribution >= 0.6 is 0 Å². The van der Waals surface area contributed by atoms with Crippen molar-refractivity contribution in [2.45, 2.75) is 57.7 Å². The lowest BCUT2D eigenvalue weighted by Gasteiger charge is -2.39. The summed E-state index contributed by atoms with van der Waals surface area (Å²) in [5.74, 6) is 0.693. The van der Waals surface area contributed by atoms with Crippen LogP contribution in [0.4, 0.5) is 0 Å². The second kappa shape index (κ2) is 4.73. The zero-order valence-electron chi connectivity index (χ0n) is 9.98. The molecule has 2 rings (SSSR count). The number of hydrogen-bond acceptors (Lipinski definition) is 3. The molecule has 0 amide bonds. The molecule has 90 valence electrons. The molecule has 2 aliphatic rings. The Morgan fingerprint density at radius 2 is 2.06 bits per heavy atom. The van der Waals surface area contributed by atoms with Crippen LogP contribution in [0, 0.1) is 22.7 Å². The van der Waals surface area contributed by atoms with Crippen molar-refractivity contribution in [3.05, 3.63) is 0 Å². The number of aliphatic hydroxyl groups excluding tert-OH is 1. The molecule has 0 aromatic rings. The fraction of sp³-hybridized carbons (Fsp3) is 0.923. The van der Waals surface area contributed by atoms with Gasteiger partial charge in [-0.05, 0) is 44.4 Å². The lowest BCUT2D eigenvalue weighted by atomic mass is 9.67. The first-order valence-electron chi connectivity index (χ1n) is 6.39. The normalized spacial score (nSPS) is 41.6. The van der Waals surface area contributed by atoms with Gasteiger partial charge in [0.2, 0.25) is 0 Å². The van der Waals surface area contributed by atoms with Crippen LogP contribution in [0.15, 0.2) is 0 Å². The highest BCUT2D eigenvalue weighted by Gasteiger charge is 2.45. The molecule has 1 aliphatic carbocycles. The van der Waals surface area contributed by atoms with Crippen molar-refractivity contribution in [2.24, 2.45) is 11.3 Å². The highest BCUT2D eigenvalue weighted by Crippen LogP contribution is 2.43. The summed E-state index contributed by atoms with van der Waals surface area (Å²) in [6.07, 6.45) is 4.98. The van der Waals surface area contributed by atoms with Crippen LogP contribution in [-0.2, 0) is 4.74 Å². The van der Waals surface area contributed by atoms with Gasteiger partial charge in [0, 0.05) is 6.61 Å². The van der Waals surface area contributed by atoms with Crippen LogP contribution in [0.2, 0.25) is 0 Å². The minimum Gasteiger partial charge on any atom is -0.389 e. The second-order valence-corrected chi connectivity index (χ2v) is 5.45. The predicted molar refractivity (Wildman–Crippen MR) is 60.7 cm³/mol. The van der Waals surface area contributed by atoms with Gasteiger partial charge in [-0.25, -0.2) is 0 Å². The molecule has 2 unspecified atom stereocenters. The number of ether oxygens (including phenoxy) is 1. The smallest absolute Gasteiger partial charge is 0.0987 e. The third kappa shape index (κ3) is 2.09. The zero-order chi connectivity index (χ0) is 11.6. The van der Waals surface area contributed by atoms with Crippen LogP contribution in [0.3, 0.4) is 0 Å². The van der Waals surface area contributed by atoms with Crippen molar-refractivity contribution < 1.29 is 9.84 Å². The van der Waals surface area contributed by atoms with Gasteiger partial charge in [-0.2, -0.15) is 5.26 Å². The summed E-state index contributed by atoms with van der Waals surface area (Å²) in [7, 11) is 0. The lowest BCUT2D eigenvalue weighted by Crippen LogP contribution is -2.44. The van der Waals surface area contributed by atoms with Crippen LogP contribution < -0.4 is 0 Å². The Labute approximate surface area is 97.4 Å². The predicted octanol–water partition coefficient (Wildman–Crippen LogP) is 2.25. The third-order valence-corrected chi connectivity index (χ3v) is 4.27. The molecule has 1 saturated heterocycles. The SMILES string of the molecule is CC1CCC(C#N)(C(O)C2CCCO2)CC1. The Morgan fingerprint density at radius 3 is 2.56 bits per heavy atom. The first-order valence-corrected chi connectivity index (χ1v) is 6.39. The molecule has 2 atom stereocenters. The fourth-order valence-electron chi connectivity index (χ4n) is 2.96. The molecule has 3 nitrogen and oxygen atoms in total. The van der Waals surface area contributed by atoms with Crippen LogP contribution in [0.25, 0.3) is 0 Å². The van der Waals surface area contributed by atoms with Gasteiger partial charge in [0.15, 0.2) is 0 Å². The summed E-state index contributed by atoms with van der Waals surface area (Å²) in [6, 6.07) is 2.38. The van der Waals surface area contributed by atoms with E-state index in [1.165, 1.54) is 0 Å². The topological polar surface area (TPSA) is 53.2 Å². The number of rotatable bonds is 2. The minimum atomic E-state index is -0.590. The van der Waals surface area contributed by atoms with Crippen LogP contribution in [0.1, 0.15) is 45.4 Å². The maximum absolute atomic E-state index is 10.4. The van der Waals surface area contributed by atoms with E-state index in [1.807, 2.05) is 0 Å². The van der Waals surface area contributed by atoms with E-state index in [1.54, 1.807) is 0 Å². The second-order valence-electron chi connectivity index (χ2n) is 5.45. The summed E-state index contributed by atoms with van der Waals surface area (Å²) < 4.78 is 5.52. The molecule has 1 saturated carbocycles. The van der Waals surface area contributed by atoms with Gasteiger partial charge in [0.25, 0.3) is 0 Å². The zero-order valence-corrected chi connectivity index (χ0v) is 9.98. The van der Waals surface area contributed by atoms with Crippen LogP contribution in [-0.4, -0.2) is 23.9 Å². The van der Waals surface area contributed by atoms with E-state index in [4.69, 9.17) is 4.74 Å². The maximum Gasteiger partial charge on any atom is 0.0987 e. The van der Waals surface area contributed by atoms with E-state index in [0.29, 0.717) is 5.92 Å². The summed E-state index contributed by atoms with van der Waals surface area (Å²) in [4.78, 5) is 0. The molecule has 0 aromatic carbocycles. The van der Waals surface area contributed by atoms with Crippen LogP contribution in [0.5, 0.6) is 0 Å². The number of nitrogens with zero attached hydrogens (tertiary/aromatic N) is 1. The van der Waals surface area contributed by atoms with Gasteiger partial charge in [-0.15, -0.1) is 0 Å². The number of nitriles is 1. The van der Waals surface area contributed by atoms with E-state index in [-0.39, 0.29) is 6.10 Å². The Hall–Kier alpha value is -0.590. The van der Waals surface area contributed by atoms with Crippen molar-refractivity contribution in [3.63, 3.8) is 0 Å². The van der Waals surface area contributed by atoms with E-state index in [0.717, 1.165) is 45.1 Å². The molecule has 0 aromatic heterocycles. The molecular formula is C13H21NO2. The molecule has 1 aliphatic heterocycles. The summed E-state index contributed by atoms with van der Waals surface area (Å²) >= 11 is 0. The van der Waals surface area contributed by atoms with Gasteiger partial charge in [0.05, 0.1) is 23.7 Å². The van der Waals surface area contributed by atoms with Crippen molar-refractivity contribution in [2.75, 3.05) is 6.61 Å². The average molecular weight is 223 g/mol. The first-order chi connectivity index (χ1) is 7.68. The molecule has 1 heterocycles. The van der Waals surface area contributed by atoms with Crippen molar-refractivity contribution in [1.82, 2.24) is 0 Å². The largest absolute Gasteiger partial charge is 0.389 e. The van der Waals surface area contributed by atoms with Gasteiger partial charge in [-0.1, -0.05) is 6.92 Å². The summed E-state index contributed by atoms with van der Waals surface area (Å²) in [5, 5.41) is 19.8. The highest BCUT2D eigenvalue weighted by molar-refractivity contribution is 5.08. The molecular weight excluding hydrogens is 202 g/mol. The van der Waals surface area contributed by atoms with Gasteiger partial charge < -0.3 is 9.84 Å². The highest BCUT2D eigenvalue weighted by atomic mass is 16.5. The summed E-state index contributed by atoms with van der Waals surface area (Å²) in [6.45, 7) is 2.96. The Balaban J connectivity index is 2.06. The van der Waals surface area contributed by atoms with E-state index >= 15 is 0 Å². The number of aliphatic hydroxyl groups is 1. The Bertz CT molecular complexity index is 270. The van der Waals surface area contributed by atoms with E-state index in [2.05, 4.69) is 13.0 Å². The monoisotopic (exact) mass is 223 g/mol. The summed E-state index contributed by atoms with van der Waals surface area (Å²) in [5.41, 5.74) is -0.540. The molecule has 2 fully saturated rings. The van der Waals surface area contributed by atoms with Crippen molar-refractivity contribution in [3.8, 4) is 6.07 Å². The lowest BCUT2D eigenvalue weighted by molar-refractivity contribution is -0.0691. The van der Waals surface area contributed by atoms with E-state index in [9.17, 15) is 10.4 Å². The minimum absolute atomic E-state index is 0.104. The van der Waals surface area contributed by atoms with Gasteiger partial charge in [0.1, 0.15) is 0 Å². The van der Waals surface area contributed by atoms with Gasteiger partial charge >= 0.3 is 0 Å². The first kappa shape index (κ1) is 11.9. The molecule has 1 N–H and O–H groups in total. The maximum atomic E-state index is 10.4. The quantitative estimate of drug-likeness (QED) is 0.781. The molecule has 0 spiro atoms. The standard InChI is InChI=1S/C13H21NO2/c1-10-4-6-13(9-14,7-5-10)12(15)11-3-2-8-16-11/h10-12,15H,2-8H2,1H3.